The molecule has 1 aliphatic heterocycles. The van der Waals surface area contributed by atoms with Crippen LogP contribution in [0.1, 0.15) is 47.6 Å². The van der Waals surface area contributed by atoms with E-state index < -0.39 is 0 Å². The molecule has 5 heteroatoms. The first-order valence-electron chi connectivity index (χ1n) is 8.01. The van der Waals surface area contributed by atoms with Gasteiger partial charge in [0.15, 0.2) is 5.82 Å². The molecule has 0 N–H and O–H groups in total. The van der Waals surface area contributed by atoms with Gasteiger partial charge in [-0.3, -0.25) is 4.90 Å². The number of hydrogen-bond acceptors (Lipinski definition) is 5. The number of aromatic nitrogens is 2. The fourth-order valence-electron chi connectivity index (χ4n) is 3.19. The molecule has 2 heterocycles. The molecule has 0 radical (unpaired) electrons. The zero-order valence-corrected chi connectivity index (χ0v) is 12.9. The van der Waals surface area contributed by atoms with Crippen molar-refractivity contribution in [3.8, 4) is 0 Å². The van der Waals surface area contributed by atoms with Gasteiger partial charge in [0.05, 0.1) is 13.2 Å². The SMILES string of the molecule is Cc1noc(C2COCCN2Cc2ccccc2C2CC2)n1. The van der Waals surface area contributed by atoms with Gasteiger partial charge in [-0.2, -0.15) is 4.98 Å². The van der Waals surface area contributed by atoms with Gasteiger partial charge < -0.3 is 9.26 Å². The number of morpholine rings is 1. The third-order valence-corrected chi connectivity index (χ3v) is 4.51. The number of rotatable bonds is 4. The first-order valence-corrected chi connectivity index (χ1v) is 8.01. The lowest BCUT2D eigenvalue weighted by Gasteiger charge is -2.33. The van der Waals surface area contributed by atoms with Crippen molar-refractivity contribution in [2.24, 2.45) is 0 Å². The summed E-state index contributed by atoms with van der Waals surface area (Å²) < 4.78 is 11.0. The smallest absolute Gasteiger partial charge is 0.246 e. The molecule has 1 saturated heterocycles. The first-order chi connectivity index (χ1) is 10.8. The van der Waals surface area contributed by atoms with E-state index >= 15 is 0 Å². The van der Waals surface area contributed by atoms with Gasteiger partial charge >= 0.3 is 0 Å². The maximum atomic E-state index is 5.63. The normalized spacial score (nSPS) is 22.9. The molecule has 1 aromatic carbocycles. The zero-order chi connectivity index (χ0) is 14.9. The van der Waals surface area contributed by atoms with Gasteiger partial charge in [0.2, 0.25) is 5.89 Å². The lowest BCUT2D eigenvalue weighted by molar-refractivity contribution is -0.0242. The summed E-state index contributed by atoms with van der Waals surface area (Å²) in [5, 5.41) is 3.92. The number of nitrogens with zero attached hydrogens (tertiary/aromatic N) is 3. The zero-order valence-electron chi connectivity index (χ0n) is 12.9. The summed E-state index contributed by atoms with van der Waals surface area (Å²) in [6, 6.07) is 8.86. The highest BCUT2D eigenvalue weighted by atomic mass is 16.5. The van der Waals surface area contributed by atoms with E-state index in [0.717, 1.165) is 25.6 Å². The van der Waals surface area contributed by atoms with Crippen molar-refractivity contribution in [1.29, 1.82) is 0 Å². The van der Waals surface area contributed by atoms with Crippen LogP contribution >= 0.6 is 0 Å². The molecule has 2 aliphatic rings. The molecule has 1 saturated carbocycles. The Bertz CT molecular complexity index is 651. The Morgan fingerprint density at radius 2 is 2.14 bits per heavy atom. The van der Waals surface area contributed by atoms with Crippen molar-refractivity contribution in [3.63, 3.8) is 0 Å². The number of benzene rings is 1. The van der Waals surface area contributed by atoms with E-state index in [-0.39, 0.29) is 6.04 Å². The number of ether oxygens (including phenoxy) is 1. The Kier molecular flexibility index (Phi) is 3.68. The second-order valence-corrected chi connectivity index (χ2v) is 6.21. The monoisotopic (exact) mass is 299 g/mol. The van der Waals surface area contributed by atoms with E-state index in [1.54, 1.807) is 0 Å². The number of hydrogen-bond donors (Lipinski definition) is 0. The van der Waals surface area contributed by atoms with Crippen LogP contribution in [0.2, 0.25) is 0 Å². The fourth-order valence-corrected chi connectivity index (χ4v) is 3.19. The van der Waals surface area contributed by atoms with Gasteiger partial charge in [0.25, 0.3) is 0 Å². The highest BCUT2D eigenvalue weighted by Gasteiger charge is 2.31. The van der Waals surface area contributed by atoms with E-state index in [0.29, 0.717) is 18.3 Å². The molecule has 1 atom stereocenters. The summed E-state index contributed by atoms with van der Waals surface area (Å²) in [7, 11) is 0. The molecule has 0 amide bonds. The largest absolute Gasteiger partial charge is 0.378 e. The minimum absolute atomic E-state index is 0.0576. The van der Waals surface area contributed by atoms with Crippen molar-refractivity contribution < 1.29 is 9.26 Å². The van der Waals surface area contributed by atoms with Crippen LogP contribution in [0.5, 0.6) is 0 Å². The van der Waals surface area contributed by atoms with E-state index in [4.69, 9.17) is 9.26 Å². The molecular weight excluding hydrogens is 278 g/mol. The minimum Gasteiger partial charge on any atom is -0.378 e. The van der Waals surface area contributed by atoms with E-state index in [9.17, 15) is 0 Å². The van der Waals surface area contributed by atoms with Gasteiger partial charge in [-0.05, 0) is 36.8 Å². The lowest BCUT2D eigenvalue weighted by atomic mass is 10.0. The Balaban J connectivity index is 1.57. The van der Waals surface area contributed by atoms with Crippen LogP contribution in [0.4, 0.5) is 0 Å². The highest BCUT2D eigenvalue weighted by molar-refractivity contribution is 5.33. The van der Waals surface area contributed by atoms with Crippen LogP contribution in [0.15, 0.2) is 28.8 Å². The van der Waals surface area contributed by atoms with Gasteiger partial charge in [-0.25, -0.2) is 0 Å². The average Bonchev–Trinajstić information content (AvgIpc) is 3.30. The quantitative estimate of drug-likeness (QED) is 0.869. The summed E-state index contributed by atoms with van der Waals surface area (Å²) in [5.41, 5.74) is 2.93. The first kappa shape index (κ1) is 13.9. The summed E-state index contributed by atoms with van der Waals surface area (Å²) >= 11 is 0. The molecule has 1 aliphatic carbocycles. The Labute approximate surface area is 130 Å². The molecule has 0 spiro atoms. The summed E-state index contributed by atoms with van der Waals surface area (Å²) in [5.74, 6) is 2.11. The van der Waals surface area contributed by atoms with Crippen LogP contribution in [0, 0.1) is 6.92 Å². The molecule has 1 aromatic heterocycles. The van der Waals surface area contributed by atoms with E-state index in [1.165, 1.54) is 24.0 Å². The maximum absolute atomic E-state index is 5.63. The molecule has 0 bridgehead atoms. The Morgan fingerprint density at radius 3 is 2.91 bits per heavy atom. The molecule has 2 aromatic rings. The molecular formula is C17H21N3O2. The topological polar surface area (TPSA) is 51.4 Å². The van der Waals surface area contributed by atoms with Gasteiger partial charge in [-0.15, -0.1) is 0 Å². The second-order valence-electron chi connectivity index (χ2n) is 6.21. The predicted octanol–water partition coefficient (Wildman–Crippen LogP) is 2.83. The molecule has 5 nitrogen and oxygen atoms in total. The predicted molar refractivity (Wildman–Crippen MR) is 81.4 cm³/mol. The molecule has 116 valence electrons. The molecule has 1 unspecified atom stereocenters. The van der Waals surface area contributed by atoms with Gasteiger partial charge in [-0.1, -0.05) is 29.4 Å². The van der Waals surface area contributed by atoms with Crippen LogP contribution in [-0.2, 0) is 11.3 Å². The lowest BCUT2D eigenvalue weighted by Crippen LogP contribution is -2.39. The second kappa shape index (κ2) is 5.82. The van der Waals surface area contributed by atoms with Crippen LogP contribution < -0.4 is 0 Å². The third-order valence-electron chi connectivity index (χ3n) is 4.51. The maximum Gasteiger partial charge on any atom is 0.246 e. The standard InChI is InChI=1S/C17H21N3O2/c1-12-18-17(22-19-12)16-11-21-9-8-20(16)10-14-4-2-3-5-15(14)13-6-7-13/h2-5,13,16H,6-11H2,1H3. The minimum atomic E-state index is 0.0576. The van der Waals surface area contributed by atoms with E-state index in [1.807, 2.05) is 6.92 Å². The van der Waals surface area contributed by atoms with Crippen molar-refractivity contribution in [2.45, 2.75) is 38.3 Å². The Morgan fingerprint density at radius 1 is 1.27 bits per heavy atom. The van der Waals surface area contributed by atoms with Crippen LogP contribution in [-0.4, -0.2) is 34.8 Å². The third kappa shape index (κ3) is 2.78. The molecule has 22 heavy (non-hydrogen) atoms. The number of aryl methyl sites for hydroxylation is 1. The summed E-state index contributed by atoms with van der Waals surface area (Å²) in [4.78, 5) is 6.80. The summed E-state index contributed by atoms with van der Waals surface area (Å²) in [6.07, 6.45) is 2.65. The van der Waals surface area contributed by atoms with Gasteiger partial charge in [0, 0.05) is 13.1 Å². The van der Waals surface area contributed by atoms with E-state index in [2.05, 4.69) is 39.3 Å². The fraction of sp³-hybridized carbons (Fsp3) is 0.529. The molecule has 2 fully saturated rings. The van der Waals surface area contributed by atoms with Crippen molar-refractivity contribution in [1.82, 2.24) is 15.0 Å². The average molecular weight is 299 g/mol. The van der Waals surface area contributed by atoms with Crippen molar-refractivity contribution in [2.75, 3.05) is 19.8 Å². The van der Waals surface area contributed by atoms with Crippen molar-refractivity contribution >= 4 is 0 Å². The Hall–Kier alpha value is -1.72. The van der Waals surface area contributed by atoms with Crippen LogP contribution in [0.25, 0.3) is 0 Å². The van der Waals surface area contributed by atoms with Crippen LogP contribution in [0.3, 0.4) is 0 Å². The summed E-state index contributed by atoms with van der Waals surface area (Å²) in [6.45, 7) is 5.04. The van der Waals surface area contributed by atoms with Crippen molar-refractivity contribution in [3.05, 3.63) is 47.1 Å². The van der Waals surface area contributed by atoms with Gasteiger partial charge in [0.1, 0.15) is 6.04 Å². The highest BCUT2D eigenvalue weighted by Crippen LogP contribution is 2.42. The molecule has 4 rings (SSSR count).